The summed E-state index contributed by atoms with van der Waals surface area (Å²) in [5.74, 6) is -0.602. The summed E-state index contributed by atoms with van der Waals surface area (Å²) in [6.07, 6.45) is 2.07. The van der Waals surface area contributed by atoms with Gasteiger partial charge in [-0.15, -0.1) is 0 Å². The molecule has 1 aliphatic carbocycles. The summed E-state index contributed by atoms with van der Waals surface area (Å²) < 4.78 is 0. The van der Waals surface area contributed by atoms with Gasteiger partial charge in [0, 0.05) is 6.92 Å². The van der Waals surface area contributed by atoms with Crippen LogP contribution in [0.4, 0.5) is 0 Å². The van der Waals surface area contributed by atoms with E-state index in [4.69, 9.17) is 10.4 Å². The number of hydrogen-bond donors (Lipinski definition) is 1. The van der Waals surface area contributed by atoms with Crippen LogP contribution in [-0.2, 0) is 4.79 Å². The average molecular weight is 209 g/mol. The summed E-state index contributed by atoms with van der Waals surface area (Å²) in [6.45, 7) is 9.46. The monoisotopic (exact) mass is 209 g/mol. The highest BCUT2D eigenvalue weighted by molar-refractivity contribution is 5.76. The Balaban J connectivity index is 0.000000583. The van der Waals surface area contributed by atoms with Gasteiger partial charge in [-0.05, 0) is 25.2 Å². The number of rotatable bonds is 2. The summed E-state index contributed by atoms with van der Waals surface area (Å²) in [5.41, 5.74) is 1.17. The molecule has 3 heteroatoms. The van der Waals surface area contributed by atoms with Gasteiger partial charge in [0.05, 0.1) is 12.0 Å². The van der Waals surface area contributed by atoms with Crippen molar-refractivity contribution < 1.29 is 9.90 Å². The molecular weight excluding hydrogens is 190 g/mol. The number of nitrogens with zero attached hydrogens (tertiary/aromatic N) is 1. The quantitative estimate of drug-likeness (QED) is 0.711. The minimum Gasteiger partial charge on any atom is -0.481 e. The topological polar surface area (TPSA) is 61.1 Å². The Morgan fingerprint density at radius 2 is 1.87 bits per heavy atom. The first-order valence-corrected chi connectivity index (χ1v) is 4.97. The highest BCUT2D eigenvalue weighted by Gasteiger charge is 2.60. The molecule has 0 radical (unpaired) electrons. The van der Waals surface area contributed by atoms with E-state index in [-0.39, 0.29) is 17.3 Å². The van der Waals surface area contributed by atoms with Crippen molar-refractivity contribution in [3.05, 3.63) is 11.6 Å². The van der Waals surface area contributed by atoms with Crippen molar-refractivity contribution in [3.8, 4) is 6.07 Å². The zero-order chi connectivity index (χ0) is 12.2. The number of allylic oxidation sites excluding steroid dienone is 2. The maximum absolute atomic E-state index is 10.7. The molecule has 0 heterocycles. The zero-order valence-corrected chi connectivity index (χ0v) is 10.0. The lowest BCUT2D eigenvalue weighted by atomic mass is 10.1. The second kappa shape index (κ2) is 4.97. The van der Waals surface area contributed by atoms with E-state index >= 15 is 0 Å². The van der Waals surface area contributed by atoms with Crippen LogP contribution in [0.25, 0.3) is 0 Å². The first kappa shape index (κ1) is 13.7. The third-order valence-corrected chi connectivity index (χ3v) is 2.69. The Morgan fingerprint density at radius 1 is 1.47 bits per heavy atom. The van der Waals surface area contributed by atoms with E-state index in [0.29, 0.717) is 0 Å². The Hall–Kier alpha value is -1.30. The third-order valence-electron chi connectivity index (χ3n) is 2.69. The number of carboxylic acids is 1. The molecule has 0 aromatic carbocycles. The van der Waals surface area contributed by atoms with E-state index < -0.39 is 5.97 Å². The average Bonchev–Trinajstić information content (AvgIpc) is 2.52. The molecule has 0 amide bonds. The number of nitriles is 1. The van der Waals surface area contributed by atoms with Gasteiger partial charge < -0.3 is 5.11 Å². The van der Waals surface area contributed by atoms with Crippen LogP contribution < -0.4 is 0 Å². The Kier molecular flexibility index (Phi) is 4.54. The standard InChI is InChI=1S/C10H16O2.C2H3N/c1-6(2)5-7-8(9(11)12)10(7,3)4;1-2-3/h5,7-8H,1-4H3,(H,11,12);1H3. The lowest BCUT2D eigenvalue weighted by molar-refractivity contribution is -0.139. The van der Waals surface area contributed by atoms with Crippen molar-refractivity contribution in [2.75, 3.05) is 0 Å². The van der Waals surface area contributed by atoms with Gasteiger partial charge in [0.2, 0.25) is 0 Å². The van der Waals surface area contributed by atoms with Crippen LogP contribution in [0.5, 0.6) is 0 Å². The molecule has 0 bridgehead atoms. The summed E-state index contributed by atoms with van der Waals surface area (Å²) in [4.78, 5) is 10.7. The SMILES string of the molecule is CC#N.CC(C)=CC1C(C(=O)O)C1(C)C. The molecule has 15 heavy (non-hydrogen) atoms. The highest BCUT2D eigenvalue weighted by atomic mass is 16.4. The van der Waals surface area contributed by atoms with Crippen LogP contribution in [0.15, 0.2) is 11.6 Å². The van der Waals surface area contributed by atoms with Gasteiger partial charge in [-0.1, -0.05) is 25.5 Å². The fraction of sp³-hybridized carbons (Fsp3) is 0.667. The molecule has 1 rings (SSSR count). The van der Waals surface area contributed by atoms with Crippen molar-refractivity contribution in [1.29, 1.82) is 5.26 Å². The molecule has 1 saturated carbocycles. The molecular formula is C12H19NO2. The Bertz CT molecular complexity index is 306. The zero-order valence-electron chi connectivity index (χ0n) is 10.0. The predicted molar refractivity (Wildman–Crippen MR) is 59.1 cm³/mol. The van der Waals surface area contributed by atoms with Crippen molar-refractivity contribution >= 4 is 5.97 Å². The van der Waals surface area contributed by atoms with Crippen LogP contribution in [0.2, 0.25) is 0 Å². The molecule has 0 saturated heterocycles. The molecule has 0 spiro atoms. The van der Waals surface area contributed by atoms with Gasteiger partial charge in [0.15, 0.2) is 0 Å². The number of hydrogen-bond acceptors (Lipinski definition) is 2. The summed E-state index contributed by atoms with van der Waals surface area (Å²) in [6, 6.07) is 1.75. The number of carbonyl (C=O) groups is 1. The summed E-state index contributed by atoms with van der Waals surface area (Å²) in [7, 11) is 0. The van der Waals surface area contributed by atoms with Gasteiger partial charge in [0.25, 0.3) is 0 Å². The van der Waals surface area contributed by atoms with E-state index in [0.717, 1.165) is 0 Å². The minimum atomic E-state index is -0.664. The van der Waals surface area contributed by atoms with Gasteiger partial charge in [-0.3, -0.25) is 4.79 Å². The van der Waals surface area contributed by atoms with E-state index in [1.54, 1.807) is 6.07 Å². The molecule has 1 aliphatic rings. The van der Waals surface area contributed by atoms with Crippen LogP contribution >= 0.6 is 0 Å². The lowest BCUT2D eigenvalue weighted by Crippen LogP contribution is -2.02. The molecule has 1 fully saturated rings. The Morgan fingerprint density at radius 3 is 2.07 bits per heavy atom. The molecule has 2 unspecified atom stereocenters. The van der Waals surface area contributed by atoms with E-state index in [2.05, 4.69) is 6.08 Å². The van der Waals surface area contributed by atoms with Crippen LogP contribution in [0.3, 0.4) is 0 Å². The van der Waals surface area contributed by atoms with Crippen molar-refractivity contribution in [1.82, 2.24) is 0 Å². The van der Waals surface area contributed by atoms with Gasteiger partial charge in [-0.25, -0.2) is 0 Å². The first-order valence-electron chi connectivity index (χ1n) is 4.97. The van der Waals surface area contributed by atoms with Crippen LogP contribution in [0, 0.1) is 28.6 Å². The first-order chi connectivity index (χ1) is 6.78. The van der Waals surface area contributed by atoms with Crippen molar-refractivity contribution in [3.63, 3.8) is 0 Å². The molecule has 1 N–H and O–H groups in total. The number of carboxylic acid groups (broad SMARTS) is 1. The van der Waals surface area contributed by atoms with Crippen LogP contribution in [0.1, 0.15) is 34.6 Å². The predicted octanol–water partition coefficient (Wildman–Crippen LogP) is 2.84. The van der Waals surface area contributed by atoms with E-state index in [1.165, 1.54) is 12.5 Å². The molecule has 0 aliphatic heterocycles. The smallest absolute Gasteiger partial charge is 0.307 e. The van der Waals surface area contributed by atoms with E-state index in [9.17, 15) is 4.79 Å². The van der Waals surface area contributed by atoms with E-state index in [1.807, 2.05) is 27.7 Å². The second-order valence-corrected chi connectivity index (χ2v) is 4.63. The largest absolute Gasteiger partial charge is 0.481 e. The maximum atomic E-state index is 10.7. The molecule has 84 valence electrons. The molecule has 0 aromatic rings. The second-order valence-electron chi connectivity index (χ2n) is 4.63. The molecule has 3 nitrogen and oxygen atoms in total. The number of aliphatic carboxylic acids is 1. The maximum Gasteiger partial charge on any atom is 0.307 e. The van der Waals surface area contributed by atoms with Gasteiger partial charge in [0.1, 0.15) is 0 Å². The minimum absolute atomic E-state index is 0.0386. The van der Waals surface area contributed by atoms with Gasteiger partial charge >= 0.3 is 5.97 Å². The third kappa shape index (κ3) is 3.39. The summed E-state index contributed by atoms with van der Waals surface area (Å²) in [5, 5.41) is 16.2. The Labute approximate surface area is 91.4 Å². The van der Waals surface area contributed by atoms with Crippen molar-refractivity contribution in [2.24, 2.45) is 17.3 Å². The van der Waals surface area contributed by atoms with Crippen molar-refractivity contribution in [2.45, 2.75) is 34.6 Å². The van der Waals surface area contributed by atoms with Gasteiger partial charge in [-0.2, -0.15) is 5.26 Å². The summed E-state index contributed by atoms with van der Waals surface area (Å²) >= 11 is 0. The molecule has 2 atom stereocenters. The normalized spacial score (nSPS) is 25.3. The van der Waals surface area contributed by atoms with Crippen LogP contribution in [-0.4, -0.2) is 11.1 Å². The molecule has 0 aromatic heterocycles. The fourth-order valence-corrected chi connectivity index (χ4v) is 1.82. The lowest BCUT2D eigenvalue weighted by Gasteiger charge is -1.96. The highest BCUT2D eigenvalue weighted by Crippen LogP contribution is 2.59. The fourth-order valence-electron chi connectivity index (χ4n) is 1.82.